The van der Waals surface area contributed by atoms with E-state index in [0.717, 1.165) is 50.4 Å². The van der Waals surface area contributed by atoms with Crippen LogP contribution in [0.4, 0.5) is 19.1 Å². The molecule has 2 heterocycles. The van der Waals surface area contributed by atoms with Crippen molar-refractivity contribution in [1.82, 2.24) is 15.5 Å². The van der Waals surface area contributed by atoms with Gasteiger partial charge in [0.2, 0.25) is 22.2 Å². The molecule has 0 spiro atoms. The summed E-state index contributed by atoms with van der Waals surface area (Å²) in [5.41, 5.74) is -0.825. The number of benzene rings is 1. The molecule has 0 radical (unpaired) electrons. The van der Waals surface area contributed by atoms with Gasteiger partial charge in [0.25, 0.3) is 6.20 Å². The summed E-state index contributed by atoms with van der Waals surface area (Å²) >= 11 is 0.700. The number of thioether (sulfide) groups is 1. The molecule has 0 saturated carbocycles. The van der Waals surface area contributed by atoms with Gasteiger partial charge in [0.15, 0.2) is 0 Å². The number of anilines is 1. The van der Waals surface area contributed by atoms with E-state index in [4.69, 9.17) is 4.52 Å². The number of halogens is 3. The van der Waals surface area contributed by atoms with Gasteiger partial charge in [-0.3, -0.25) is 24.2 Å². The zero-order valence-electron chi connectivity index (χ0n) is 18.5. The van der Waals surface area contributed by atoms with Crippen LogP contribution in [0.15, 0.2) is 35.0 Å². The van der Waals surface area contributed by atoms with Gasteiger partial charge in [0, 0.05) is 31.3 Å². The molecule has 1 aliphatic heterocycles. The number of amides is 2. The molecule has 1 saturated heterocycles. The Bertz CT molecular complexity index is 1020. The van der Waals surface area contributed by atoms with Crippen molar-refractivity contribution in [2.45, 2.75) is 19.1 Å². The molecule has 0 aliphatic carbocycles. The van der Waals surface area contributed by atoms with Crippen molar-refractivity contribution in [3.8, 4) is 0 Å². The summed E-state index contributed by atoms with van der Waals surface area (Å²) in [6, 6.07) is 2.66. The Morgan fingerprint density at radius 1 is 1.18 bits per heavy atom. The van der Waals surface area contributed by atoms with Crippen molar-refractivity contribution in [3.05, 3.63) is 41.6 Å². The smallest absolute Gasteiger partial charge is 0.344 e. The second-order valence-corrected chi connectivity index (χ2v) is 8.65. The van der Waals surface area contributed by atoms with Crippen LogP contribution in [0.3, 0.4) is 0 Å². The number of rotatable bonds is 7. The summed E-state index contributed by atoms with van der Waals surface area (Å²) in [5, 5.41) is 10.2. The minimum absolute atomic E-state index is 0.0448. The minimum Gasteiger partial charge on any atom is -0.344 e. The third-order valence-electron chi connectivity index (χ3n) is 4.99. The number of aromatic nitrogens is 2. The molecule has 0 unspecified atom stereocenters. The summed E-state index contributed by atoms with van der Waals surface area (Å²) in [4.78, 5) is 40.3. The summed E-state index contributed by atoms with van der Waals surface area (Å²) in [7, 11) is 2.01. The van der Waals surface area contributed by atoms with Gasteiger partial charge in [-0.25, -0.2) is 0 Å². The summed E-state index contributed by atoms with van der Waals surface area (Å²) in [6.07, 6.45) is -3.01. The Kier molecular flexibility index (Phi) is 8.15. The molecule has 2 aromatic rings. The lowest BCUT2D eigenvalue weighted by Crippen LogP contribution is -2.65. The highest BCUT2D eigenvalue weighted by Gasteiger charge is 2.31. The molecule has 2 N–H and O–H groups in total. The second kappa shape index (κ2) is 10.9. The maximum absolute atomic E-state index is 12.7. The average Bonchev–Trinajstić information content (AvgIpc) is 3.24. The first-order chi connectivity index (χ1) is 16.0. The molecule has 1 aliphatic rings. The fourth-order valence-corrected chi connectivity index (χ4v) is 3.96. The van der Waals surface area contributed by atoms with Gasteiger partial charge in [-0.05, 0) is 31.3 Å². The number of nitrogens with zero attached hydrogens (tertiary/aromatic N) is 4. The van der Waals surface area contributed by atoms with Gasteiger partial charge in [-0.2, -0.15) is 18.2 Å². The Morgan fingerprint density at radius 3 is 2.41 bits per heavy atom. The van der Waals surface area contributed by atoms with Gasteiger partial charge in [-0.1, -0.05) is 11.8 Å². The summed E-state index contributed by atoms with van der Waals surface area (Å²) in [6.45, 7) is 4.35. The van der Waals surface area contributed by atoms with Crippen molar-refractivity contribution in [3.63, 3.8) is 0 Å². The van der Waals surface area contributed by atoms with Crippen LogP contribution in [0.2, 0.25) is 0 Å². The molecular formula is C20H24F3N6O4S+. The van der Waals surface area contributed by atoms with Crippen LogP contribution in [-0.2, 0) is 15.8 Å². The number of hydrogen-bond donors (Lipinski definition) is 2. The van der Waals surface area contributed by atoms with E-state index in [0.29, 0.717) is 11.8 Å². The number of carbonyl (C=O) groups excluding carboxylic acids is 3. The number of carbonyl (C=O) groups is 3. The van der Waals surface area contributed by atoms with Crippen LogP contribution in [0.5, 0.6) is 0 Å². The number of likely N-dealkylation sites (N-methyl/N-ethyl adjacent to an activating group) is 1. The van der Waals surface area contributed by atoms with E-state index in [2.05, 4.69) is 20.8 Å². The van der Waals surface area contributed by atoms with E-state index in [1.54, 1.807) is 0 Å². The Labute approximate surface area is 197 Å². The second-order valence-electron chi connectivity index (χ2n) is 7.66. The molecule has 1 aromatic heterocycles. The van der Waals surface area contributed by atoms with Gasteiger partial charge >= 0.3 is 12.1 Å². The lowest BCUT2D eigenvalue weighted by molar-refractivity contribution is -0.759. The number of nitrogens with one attached hydrogen (secondary N) is 2. The highest BCUT2D eigenvalue weighted by atomic mass is 32.2. The monoisotopic (exact) mass is 501 g/mol. The number of hydrogen-bond acceptors (Lipinski definition) is 8. The van der Waals surface area contributed by atoms with Crippen LogP contribution >= 0.6 is 11.8 Å². The first kappa shape index (κ1) is 25.5. The van der Waals surface area contributed by atoms with E-state index in [1.165, 1.54) is 17.9 Å². The Hall–Kier alpha value is -3.13. The maximum Gasteiger partial charge on any atom is 0.416 e. The van der Waals surface area contributed by atoms with Crippen molar-refractivity contribution in [2.24, 2.45) is 0 Å². The quantitative estimate of drug-likeness (QED) is 0.538. The number of alkyl halides is 3. The van der Waals surface area contributed by atoms with E-state index >= 15 is 0 Å². The standard InChI is InChI=1S/C20H23F3N6O4S/c1-13(30)24-16(12-34-19(32)14-3-5-15(6-4-14)20(21,22)23)18(31)25-17-11-29(26-33-17)28-9-7-27(2)8-10-28/h3-6,11,16H,7-10,12H2,1-2H3,(H-,24,25,26,30,31)/p+1/t16-/m0/s1. The highest BCUT2D eigenvalue weighted by Crippen LogP contribution is 2.29. The normalized spacial score (nSPS) is 15.6. The van der Waals surface area contributed by atoms with Crippen LogP contribution in [0.25, 0.3) is 0 Å². The molecule has 10 nitrogen and oxygen atoms in total. The van der Waals surface area contributed by atoms with Crippen molar-refractivity contribution < 1.29 is 36.9 Å². The van der Waals surface area contributed by atoms with Crippen molar-refractivity contribution in [2.75, 3.05) is 49.3 Å². The third kappa shape index (κ3) is 6.93. The fraction of sp³-hybridized carbons (Fsp3) is 0.450. The number of piperazine rings is 1. The van der Waals surface area contributed by atoms with E-state index in [1.807, 2.05) is 12.1 Å². The SMILES string of the molecule is CC(=O)N[C@@H](CSC(=O)c1ccc(C(F)(F)F)cc1)C(=O)Nc1c[n+](N2CCN(C)CC2)no1. The van der Waals surface area contributed by atoms with Gasteiger partial charge in [0.1, 0.15) is 6.04 Å². The highest BCUT2D eigenvalue weighted by molar-refractivity contribution is 8.14. The van der Waals surface area contributed by atoms with Crippen LogP contribution < -0.4 is 20.4 Å². The largest absolute Gasteiger partial charge is 0.416 e. The lowest BCUT2D eigenvalue weighted by atomic mass is 10.1. The van der Waals surface area contributed by atoms with E-state index in [9.17, 15) is 27.6 Å². The molecular weight excluding hydrogens is 477 g/mol. The zero-order chi connectivity index (χ0) is 24.9. The Balaban J connectivity index is 1.59. The first-order valence-electron chi connectivity index (χ1n) is 10.3. The van der Waals surface area contributed by atoms with Crippen LogP contribution in [-0.4, -0.2) is 72.1 Å². The molecule has 184 valence electrons. The molecule has 34 heavy (non-hydrogen) atoms. The van der Waals surface area contributed by atoms with Crippen molar-refractivity contribution in [1.29, 1.82) is 0 Å². The lowest BCUT2D eigenvalue weighted by Gasteiger charge is -2.26. The first-order valence-corrected chi connectivity index (χ1v) is 11.3. The molecule has 2 amide bonds. The van der Waals surface area contributed by atoms with Crippen LogP contribution in [0, 0.1) is 0 Å². The topological polar surface area (TPSA) is 112 Å². The van der Waals surface area contributed by atoms with Gasteiger partial charge in [0.05, 0.1) is 23.4 Å². The molecule has 3 rings (SSSR count). The molecule has 14 heteroatoms. The van der Waals surface area contributed by atoms with Crippen molar-refractivity contribution >= 4 is 34.6 Å². The molecule has 1 fully saturated rings. The predicted octanol–water partition coefficient (Wildman–Crippen LogP) is 0.881. The maximum atomic E-state index is 12.7. The molecule has 1 atom stereocenters. The third-order valence-corrected chi connectivity index (χ3v) is 5.99. The fourth-order valence-electron chi connectivity index (χ4n) is 3.10. The van der Waals surface area contributed by atoms with Gasteiger partial charge < -0.3 is 10.2 Å². The minimum atomic E-state index is -4.51. The summed E-state index contributed by atoms with van der Waals surface area (Å²) < 4.78 is 43.2. The molecule has 0 bridgehead atoms. The zero-order valence-corrected chi connectivity index (χ0v) is 19.3. The van der Waals surface area contributed by atoms with Gasteiger partial charge in [-0.15, -0.1) is 0 Å². The average molecular weight is 502 g/mol. The summed E-state index contributed by atoms with van der Waals surface area (Å²) in [5.74, 6) is -1.21. The Morgan fingerprint density at radius 2 is 1.82 bits per heavy atom. The van der Waals surface area contributed by atoms with E-state index in [-0.39, 0.29) is 17.2 Å². The predicted molar refractivity (Wildman–Crippen MR) is 117 cm³/mol. The molecule has 1 aromatic carbocycles. The van der Waals surface area contributed by atoms with Crippen LogP contribution in [0.1, 0.15) is 22.8 Å². The van der Waals surface area contributed by atoms with E-state index < -0.39 is 34.7 Å².